The number of imidazole rings is 1. The number of allylic oxidation sites excluding steroid dienone is 1. The normalized spacial score (nSPS) is 22.9. The molecule has 2 heterocycles. The molecule has 3 rings (SSSR count). The Hall–Kier alpha value is -2.15. The number of aliphatic hydroxyl groups is 1. The van der Waals surface area contributed by atoms with Crippen LogP contribution in [0, 0.1) is 0 Å². The minimum Gasteiger partial charge on any atom is -0.394 e. The molecule has 7 heteroatoms. The molecule has 7 nitrogen and oxygen atoms in total. The third kappa shape index (κ3) is 1.37. The molecule has 1 aliphatic rings. The molecule has 0 spiro atoms. The molecule has 0 aromatic carbocycles. The summed E-state index contributed by atoms with van der Waals surface area (Å²) in [6, 6.07) is 0. The van der Waals surface area contributed by atoms with E-state index in [1.165, 1.54) is 0 Å². The van der Waals surface area contributed by atoms with Crippen molar-refractivity contribution >= 4 is 22.9 Å². The first-order valence-corrected chi connectivity index (χ1v) is 5.71. The lowest BCUT2D eigenvalue weighted by molar-refractivity contribution is 0.174. The van der Waals surface area contributed by atoms with Crippen molar-refractivity contribution in [2.75, 3.05) is 18.1 Å². The Labute approximate surface area is 103 Å². The van der Waals surface area contributed by atoms with E-state index in [1.807, 2.05) is 16.7 Å². The summed E-state index contributed by atoms with van der Waals surface area (Å²) in [5, 5.41) is 9.68. The first-order chi connectivity index (χ1) is 8.66. The van der Waals surface area contributed by atoms with E-state index in [9.17, 15) is 5.11 Å². The first kappa shape index (κ1) is 11.0. The molecule has 0 saturated heterocycles. The molecular formula is C11H14N6O. The molecular weight excluding hydrogens is 232 g/mol. The topological polar surface area (TPSA) is 116 Å². The summed E-state index contributed by atoms with van der Waals surface area (Å²) in [4.78, 5) is 12.3. The molecule has 0 amide bonds. The average molecular weight is 246 g/mol. The van der Waals surface area contributed by atoms with E-state index in [-0.39, 0.29) is 18.4 Å². The number of aliphatic hydroxyl groups excluding tert-OH is 1. The van der Waals surface area contributed by atoms with Crippen LogP contribution in [0.15, 0.2) is 18.5 Å². The molecule has 0 saturated carbocycles. The third-order valence-electron chi connectivity index (χ3n) is 3.37. The number of anilines is 2. The van der Waals surface area contributed by atoms with E-state index >= 15 is 0 Å². The molecule has 0 aliphatic heterocycles. The van der Waals surface area contributed by atoms with Gasteiger partial charge in [0, 0.05) is 0 Å². The molecule has 1 aliphatic carbocycles. The van der Waals surface area contributed by atoms with Gasteiger partial charge in [-0.05, 0) is 12.8 Å². The molecule has 2 aromatic rings. The van der Waals surface area contributed by atoms with Crippen LogP contribution in [0.3, 0.4) is 0 Å². The zero-order chi connectivity index (χ0) is 12.8. The minimum atomic E-state index is -0.498. The smallest absolute Gasteiger partial charge is 0.224 e. The lowest BCUT2D eigenvalue weighted by Crippen LogP contribution is -2.33. The second kappa shape index (κ2) is 3.67. The number of fused-ring (bicyclic) bond motifs is 1. The van der Waals surface area contributed by atoms with Gasteiger partial charge in [0.1, 0.15) is 5.52 Å². The highest BCUT2D eigenvalue weighted by molar-refractivity contribution is 5.83. The lowest BCUT2D eigenvalue weighted by atomic mass is 10.0. The molecule has 0 fully saturated rings. The van der Waals surface area contributed by atoms with Crippen molar-refractivity contribution in [3.63, 3.8) is 0 Å². The summed E-state index contributed by atoms with van der Waals surface area (Å²) >= 11 is 0. The Bertz CT molecular complexity index is 634. The van der Waals surface area contributed by atoms with Crippen LogP contribution in [0.5, 0.6) is 0 Å². The van der Waals surface area contributed by atoms with Crippen molar-refractivity contribution in [2.24, 2.45) is 0 Å². The SMILES string of the molecule is Nc1nc(N)c2ncn(C3(CO)C=CCC3)c2n1. The summed E-state index contributed by atoms with van der Waals surface area (Å²) in [6.45, 7) is -0.0151. The van der Waals surface area contributed by atoms with Crippen molar-refractivity contribution in [1.82, 2.24) is 19.5 Å². The Balaban J connectivity index is 2.27. The van der Waals surface area contributed by atoms with E-state index in [0.29, 0.717) is 11.2 Å². The van der Waals surface area contributed by atoms with E-state index in [1.54, 1.807) is 6.33 Å². The van der Waals surface area contributed by atoms with E-state index in [2.05, 4.69) is 15.0 Å². The maximum Gasteiger partial charge on any atom is 0.224 e. The van der Waals surface area contributed by atoms with Gasteiger partial charge in [0.2, 0.25) is 5.95 Å². The predicted octanol–water partition coefficient (Wildman–Crippen LogP) is 0.0283. The molecule has 94 valence electrons. The largest absolute Gasteiger partial charge is 0.394 e. The lowest BCUT2D eigenvalue weighted by Gasteiger charge is -2.26. The highest BCUT2D eigenvalue weighted by Gasteiger charge is 2.33. The third-order valence-corrected chi connectivity index (χ3v) is 3.37. The Morgan fingerprint density at radius 3 is 2.89 bits per heavy atom. The van der Waals surface area contributed by atoms with Gasteiger partial charge < -0.3 is 21.1 Å². The number of nitrogens with zero attached hydrogens (tertiary/aromatic N) is 4. The summed E-state index contributed by atoms with van der Waals surface area (Å²) in [5.41, 5.74) is 11.9. The molecule has 0 radical (unpaired) electrons. The van der Waals surface area contributed by atoms with Crippen LogP contribution in [0.25, 0.3) is 11.2 Å². The van der Waals surface area contributed by atoms with Gasteiger partial charge >= 0.3 is 0 Å². The monoisotopic (exact) mass is 246 g/mol. The fourth-order valence-electron chi connectivity index (χ4n) is 2.39. The van der Waals surface area contributed by atoms with Crippen LogP contribution in [0.1, 0.15) is 12.8 Å². The number of hydrogen-bond donors (Lipinski definition) is 3. The summed E-state index contributed by atoms with van der Waals surface area (Å²) < 4.78 is 1.82. The van der Waals surface area contributed by atoms with Gasteiger partial charge in [-0.2, -0.15) is 9.97 Å². The van der Waals surface area contributed by atoms with Crippen molar-refractivity contribution in [2.45, 2.75) is 18.4 Å². The van der Waals surface area contributed by atoms with Crippen LogP contribution in [0.4, 0.5) is 11.8 Å². The van der Waals surface area contributed by atoms with Gasteiger partial charge in [-0.3, -0.25) is 0 Å². The molecule has 1 atom stereocenters. The van der Waals surface area contributed by atoms with E-state index in [0.717, 1.165) is 12.8 Å². The second-order valence-electron chi connectivity index (χ2n) is 4.46. The number of nitrogen functional groups attached to an aromatic ring is 2. The predicted molar refractivity (Wildman–Crippen MR) is 67.6 cm³/mol. The Morgan fingerprint density at radius 1 is 1.39 bits per heavy atom. The second-order valence-corrected chi connectivity index (χ2v) is 4.46. The fourth-order valence-corrected chi connectivity index (χ4v) is 2.39. The quantitative estimate of drug-likeness (QED) is 0.644. The van der Waals surface area contributed by atoms with Crippen molar-refractivity contribution in [3.8, 4) is 0 Å². The van der Waals surface area contributed by atoms with Crippen molar-refractivity contribution in [3.05, 3.63) is 18.5 Å². The summed E-state index contributed by atoms with van der Waals surface area (Å²) in [6.07, 6.45) is 7.36. The average Bonchev–Trinajstić information content (AvgIpc) is 2.95. The van der Waals surface area contributed by atoms with Gasteiger partial charge in [0.05, 0.1) is 18.5 Å². The van der Waals surface area contributed by atoms with Crippen molar-refractivity contribution in [1.29, 1.82) is 0 Å². The minimum absolute atomic E-state index is 0.0151. The molecule has 18 heavy (non-hydrogen) atoms. The molecule has 2 aromatic heterocycles. The summed E-state index contributed by atoms with van der Waals surface area (Å²) in [7, 11) is 0. The molecule has 5 N–H and O–H groups in total. The maximum atomic E-state index is 9.68. The standard InChI is InChI=1S/C11H14N6O/c12-8-7-9(16-10(13)15-8)17(6-14-7)11(5-18)3-1-2-4-11/h1,3,6,18H,2,4-5H2,(H4,12,13,15,16). The maximum absolute atomic E-state index is 9.68. The van der Waals surface area contributed by atoms with Gasteiger partial charge in [0.25, 0.3) is 0 Å². The Morgan fingerprint density at radius 2 is 2.22 bits per heavy atom. The summed E-state index contributed by atoms with van der Waals surface area (Å²) in [5.74, 6) is 0.364. The van der Waals surface area contributed by atoms with Crippen LogP contribution in [-0.4, -0.2) is 31.2 Å². The van der Waals surface area contributed by atoms with Gasteiger partial charge in [0.15, 0.2) is 11.5 Å². The highest BCUT2D eigenvalue weighted by atomic mass is 16.3. The van der Waals surface area contributed by atoms with E-state index in [4.69, 9.17) is 11.5 Å². The van der Waals surface area contributed by atoms with Crippen molar-refractivity contribution < 1.29 is 5.11 Å². The number of rotatable bonds is 2. The first-order valence-electron chi connectivity index (χ1n) is 5.71. The zero-order valence-corrected chi connectivity index (χ0v) is 9.74. The molecule has 0 bridgehead atoms. The van der Waals surface area contributed by atoms with Gasteiger partial charge in [-0.15, -0.1) is 0 Å². The van der Waals surface area contributed by atoms with Gasteiger partial charge in [-0.25, -0.2) is 4.98 Å². The van der Waals surface area contributed by atoms with Crippen LogP contribution in [-0.2, 0) is 5.54 Å². The zero-order valence-electron chi connectivity index (χ0n) is 9.74. The Kier molecular flexibility index (Phi) is 2.24. The highest BCUT2D eigenvalue weighted by Crippen LogP contribution is 2.33. The van der Waals surface area contributed by atoms with E-state index < -0.39 is 5.54 Å². The number of hydrogen-bond acceptors (Lipinski definition) is 6. The number of nitrogens with two attached hydrogens (primary N) is 2. The van der Waals surface area contributed by atoms with Crippen LogP contribution < -0.4 is 11.5 Å². The number of aromatic nitrogens is 4. The van der Waals surface area contributed by atoms with Crippen LogP contribution >= 0.6 is 0 Å². The molecule has 1 unspecified atom stereocenters. The fraction of sp³-hybridized carbons (Fsp3) is 0.364. The van der Waals surface area contributed by atoms with Crippen LogP contribution in [0.2, 0.25) is 0 Å². The van der Waals surface area contributed by atoms with Gasteiger partial charge in [-0.1, -0.05) is 12.2 Å².